The van der Waals surface area contributed by atoms with Crippen molar-refractivity contribution in [2.75, 3.05) is 40.8 Å². The van der Waals surface area contributed by atoms with Crippen LogP contribution in [0.4, 0.5) is 4.79 Å². The summed E-state index contributed by atoms with van der Waals surface area (Å²) in [7, 11) is 5.05. The summed E-state index contributed by atoms with van der Waals surface area (Å²) in [5.74, 6) is -0.0509. The molecule has 1 heterocycles. The fourth-order valence-corrected chi connectivity index (χ4v) is 1.56. The molecule has 5 nitrogen and oxygen atoms in total. The fourth-order valence-electron chi connectivity index (χ4n) is 1.56. The zero-order valence-corrected chi connectivity index (χ0v) is 9.69. The lowest BCUT2D eigenvalue weighted by molar-refractivity contribution is -0.129. The molecule has 5 heteroatoms. The first kappa shape index (κ1) is 11.8. The molecule has 1 rings (SSSR count). The first-order valence-corrected chi connectivity index (χ1v) is 5.22. The van der Waals surface area contributed by atoms with Crippen LogP contribution in [0, 0.1) is 0 Å². The summed E-state index contributed by atoms with van der Waals surface area (Å²) in [6.45, 7) is 1.79. The third-order valence-electron chi connectivity index (χ3n) is 2.57. The number of likely N-dealkylation sites (tertiary alicyclic amines) is 1. The van der Waals surface area contributed by atoms with E-state index in [1.807, 2.05) is 0 Å². The van der Waals surface area contributed by atoms with Gasteiger partial charge < -0.3 is 14.7 Å². The van der Waals surface area contributed by atoms with Crippen LogP contribution in [0.15, 0.2) is 0 Å². The van der Waals surface area contributed by atoms with Crippen LogP contribution in [0.25, 0.3) is 0 Å². The number of hydrogen-bond donors (Lipinski definition) is 0. The predicted octanol–water partition coefficient (Wildman–Crippen LogP) is 0.222. The molecule has 0 atom stereocenters. The molecule has 0 saturated carbocycles. The molecule has 0 aromatic carbocycles. The number of hydrogen-bond acceptors (Lipinski definition) is 2. The normalized spacial score (nSPS) is 15.3. The molecule has 3 amide bonds. The first-order valence-electron chi connectivity index (χ1n) is 5.22. The van der Waals surface area contributed by atoms with Gasteiger partial charge in [-0.1, -0.05) is 0 Å². The topological polar surface area (TPSA) is 43.9 Å². The van der Waals surface area contributed by atoms with Gasteiger partial charge in [0.1, 0.15) is 6.54 Å². The SMILES string of the molecule is CN(C)C(=O)CN(C)C(=O)N1CCCC1. The number of amides is 3. The van der Waals surface area contributed by atoms with E-state index in [9.17, 15) is 9.59 Å². The molecule has 0 spiro atoms. The number of rotatable bonds is 2. The van der Waals surface area contributed by atoms with Crippen LogP contribution < -0.4 is 0 Å². The maximum absolute atomic E-state index is 11.8. The molecule has 1 aliphatic heterocycles. The quantitative estimate of drug-likeness (QED) is 0.658. The molecule has 0 radical (unpaired) electrons. The average molecular weight is 213 g/mol. The van der Waals surface area contributed by atoms with Crippen LogP contribution >= 0.6 is 0 Å². The monoisotopic (exact) mass is 213 g/mol. The molecule has 15 heavy (non-hydrogen) atoms. The summed E-state index contributed by atoms with van der Waals surface area (Å²) in [4.78, 5) is 27.9. The second-order valence-electron chi connectivity index (χ2n) is 4.12. The molecule has 0 bridgehead atoms. The Labute approximate surface area is 90.6 Å². The Morgan fingerprint density at radius 1 is 1.13 bits per heavy atom. The van der Waals surface area contributed by atoms with Crippen molar-refractivity contribution < 1.29 is 9.59 Å². The third-order valence-corrected chi connectivity index (χ3v) is 2.57. The lowest BCUT2D eigenvalue weighted by Gasteiger charge is -2.24. The van der Waals surface area contributed by atoms with Crippen LogP contribution in [0.1, 0.15) is 12.8 Å². The maximum Gasteiger partial charge on any atom is 0.320 e. The van der Waals surface area contributed by atoms with Crippen molar-refractivity contribution in [2.24, 2.45) is 0 Å². The van der Waals surface area contributed by atoms with Crippen molar-refractivity contribution in [3.63, 3.8) is 0 Å². The summed E-state index contributed by atoms with van der Waals surface area (Å²) in [6.07, 6.45) is 2.14. The maximum atomic E-state index is 11.8. The third kappa shape index (κ3) is 3.11. The van der Waals surface area contributed by atoms with E-state index in [1.165, 1.54) is 9.80 Å². The highest BCUT2D eigenvalue weighted by Crippen LogP contribution is 2.09. The molecule has 1 fully saturated rings. The van der Waals surface area contributed by atoms with Gasteiger partial charge in [-0.05, 0) is 12.8 Å². The highest BCUT2D eigenvalue weighted by atomic mass is 16.2. The van der Waals surface area contributed by atoms with E-state index in [-0.39, 0.29) is 18.5 Å². The van der Waals surface area contributed by atoms with Gasteiger partial charge in [0.2, 0.25) is 5.91 Å². The van der Waals surface area contributed by atoms with Crippen LogP contribution in [0.5, 0.6) is 0 Å². The fraction of sp³-hybridized carbons (Fsp3) is 0.800. The first-order chi connectivity index (χ1) is 7.02. The number of nitrogens with zero attached hydrogens (tertiary/aromatic N) is 3. The Hall–Kier alpha value is -1.26. The lowest BCUT2D eigenvalue weighted by atomic mass is 10.4. The second kappa shape index (κ2) is 5.00. The molecule has 0 N–H and O–H groups in total. The Bertz CT molecular complexity index is 247. The zero-order chi connectivity index (χ0) is 11.4. The standard InChI is InChI=1S/C10H19N3O2/c1-11(2)9(14)8-12(3)10(15)13-6-4-5-7-13/h4-8H2,1-3H3. The zero-order valence-electron chi connectivity index (χ0n) is 9.69. The van der Waals surface area contributed by atoms with Crippen LogP contribution in [-0.2, 0) is 4.79 Å². The Kier molecular flexibility index (Phi) is 3.94. The van der Waals surface area contributed by atoms with Gasteiger partial charge in [-0.2, -0.15) is 0 Å². The van der Waals surface area contributed by atoms with Gasteiger partial charge in [-0.3, -0.25) is 4.79 Å². The van der Waals surface area contributed by atoms with Gasteiger partial charge in [0.25, 0.3) is 0 Å². The smallest absolute Gasteiger partial charge is 0.320 e. The van der Waals surface area contributed by atoms with Gasteiger partial charge in [0, 0.05) is 34.2 Å². The molecule has 0 aromatic heterocycles. The van der Waals surface area contributed by atoms with Gasteiger partial charge >= 0.3 is 6.03 Å². The second-order valence-corrected chi connectivity index (χ2v) is 4.12. The minimum Gasteiger partial charge on any atom is -0.347 e. The lowest BCUT2D eigenvalue weighted by Crippen LogP contribution is -2.44. The molecule has 0 aliphatic carbocycles. The summed E-state index contributed by atoms with van der Waals surface area (Å²) < 4.78 is 0. The van der Waals surface area contributed by atoms with Crippen molar-refractivity contribution in [1.29, 1.82) is 0 Å². The summed E-state index contributed by atoms with van der Waals surface area (Å²) >= 11 is 0. The van der Waals surface area contributed by atoms with Gasteiger partial charge in [-0.25, -0.2) is 4.79 Å². The van der Waals surface area contributed by atoms with E-state index >= 15 is 0 Å². The summed E-state index contributed by atoms with van der Waals surface area (Å²) in [5.41, 5.74) is 0. The minimum absolute atomic E-state index is 0.0392. The van der Waals surface area contributed by atoms with E-state index in [4.69, 9.17) is 0 Å². The van der Waals surface area contributed by atoms with Crippen LogP contribution in [-0.4, -0.2) is 67.4 Å². The van der Waals surface area contributed by atoms with E-state index in [1.54, 1.807) is 26.0 Å². The Morgan fingerprint density at radius 2 is 1.67 bits per heavy atom. The molecular weight excluding hydrogens is 194 g/mol. The van der Waals surface area contributed by atoms with Crippen molar-refractivity contribution in [2.45, 2.75) is 12.8 Å². The van der Waals surface area contributed by atoms with E-state index in [0.29, 0.717) is 0 Å². The van der Waals surface area contributed by atoms with E-state index < -0.39 is 0 Å². The molecule has 1 saturated heterocycles. The predicted molar refractivity (Wildman–Crippen MR) is 57.5 cm³/mol. The molecule has 0 unspecified atom stereocenters. The Morgan fingerprint density at radius 3 is 2.13 bits per heavy atom. The number of carbonyl (C=O) groups excluding carboxylic acids is 2. The van der Waals surface area contributed by atoms with Gasteiger partial charge in [0.15, 0.2) is 0 Å². The highest BCUT2D eigenvalue weighted by Gasteiger charge is 2.22. The van der Waals surface area contributed by atoms with E-state index in [2.05, 4.69) is 0 Å². The summed E-state index contributed by atoms with van der Waals surface area (Å²) in [5, 5.41) is 0. The summed E-state index contributed by atoms with van der Waals surface area (Å²) in [6, 6.07) is -0.0392. The molecule has 86 valence electrons. The van der Waals surface area contributed by atoms with Crippen LogP contribution in [0.2, 0.25) is 0 Å². The number of likely N-dealkylation sites (N-methyl/N-ethyl adjacent to an activating group) is 2. The Balaban J connectivity index is 2.42. The largest absolute Gasteiger partial charge is 0.347 e. The van der Waals surface area contributed by atoms with Crippen molar-refractivity contribution in [3.8, 4) is 0 Å². The minimum atomic E-state index is -0.0509. The highest BCUT2D eigenvalue weighted by molar-refractivity contribution is 5.83. The number of carbonyl (C=O) groups is 2. The van der Waals surface area contributed by atoms with Crippen LogP contribution in [0.3, 0.4) is 0 Å². The average Bonchev–Trinajstić information content (AvgIpc) is 2.68. The van der Waals surface area contributed by atoms with Gasteiger partial charge in [0.05, 0.1) is 0 Å². The van der Waals surface area contributed by atoms with Gasteiger partial charge in [-0.15, -0.1) is 0 Å². The van der Waals surface area contributed by atoms with Crippen molar-refractivity contribution in [3.05, 3.63) is 0 Å². The van der Waals surface area contributed by atoms with E-state index in [0.717, 1.165) is 25.9 Å². The molecule has 1 aliphatic rings. The number of urea groups is 1. The van der Waals surface area contributed by atoms with Crippen molar-refractivity contribution >= 4 is 11.9 Å². The molecule has 0 aromatic rings. The van der Waals surface area contributed by atoms with Crippen molar-refractivity contribution in [1.82, 2.24) is 14.7 Å². The molecular formula is C10H19N3O2.